The van der Waals surface area contributed by atoms with E-state index in [-0.39, 0.29) is 31.0 Å². The second-order valence-electron chi connectivity index (χ2n) is 5.38. The van der Waals surface area contributed by atoms with Crippen LogP contribution >= 0.6 is 11.8 Å². The van der Waals surface area contributed by atoms with Gasteiger partial charge in [-0.3, -0.25) is 9.59 Å². The van der Waals surface area contributed by atoms with Gasteiger partial charge in [-0.2, -0.15) is 4.99 Å². The fraction of sp³-hybridized carbons (Fsp3) is 0.188. The van der Waals surface area contributed by atoms with E-state index in [9.17, 15) is 9.59 Å². The Morgan fingerprint density at radius 3 is 2.96 bits per heavy atom. The lowest BCUT2D eigenvalue weighted by Crippen LogP contribution is -2.28. The predicted molar refractivity (Wildman–Crippen MR) is 94.5 cm³/mol. The Morgan fingerprint density at radius 2 is 2.12 bits per heavy atom. The molecule has 0 bridgehead atoms. The fourth-order valence-corrected chi connectivity index (χ4v) is 3.35. The van der Waals surface area contributed by atoms with Gasteiger partial charge in [0.2, 0.25) is 18.6 Å². The first-order chi connectivity index (χ1) is 12.7. The predicted octanol–water partition coefficient (Wildman–Crippen LogP) is 1.45. The number of hydrogen-bond acceptors (Lipinski definition) is 8. The molecular formula is C16H13N5O4S. The minimum Gasteiger partial charge on any atom is -0.454 e. The Hall–Kier alpha value is -3.14. The van der Waals surface area contributed by atoms with E-state index in [1.165, 1.54) is 11.8 Å². The molecule has 1 fully saturated rings. The molecule has 0 spiro atoms. The Bertz CT molecular complexity index is 889. The number of amides is 2. The first-order valence-electron chi connectivity index (χ1n) is 7.70. The largest absolute Gasteiger partial charge is 0.454 e. The summed E-state index contributed by atoms with van der Waals surface area (Å²) in [6, 6.07) is 6.79. The lowest BCUT2D eigenvalue weighted by molar-refractivity contribution is -0.122. The van der Waals surface area contributed by atoms with E-state index < -0.39 is 5.25 Å². The molecule has 1 unspecified atom stereocenters. The van der Waals surface area contributed by atoms with Crippen LogP contribution in [0.1, 0.15) is 6.42 Å². The molecule has 2 amide bonds. The van der Waals surface area contributed by atoms with E-state index in [0.717, 1.165) is 0 Å². The van der Waals surface area contributed by atoms with Gasteiger partial charge in [0.05, 0.1) is 0 Å². The van der Waals surface area contributed by atoms with Gasteiger partial charge in [-0.15, -0.1) is 0 Å². The minimum absolute atomic E-state index is 0.0135. The zero-order chi connectivity index (χ0) is 17.9. The van der Waals surface area contributed by atoms with Crippen LogP contribution in [0.2, 0.25) is 0 Å². The smallest absolute Gasteiger partial charge is 0.251 e. The molecule has 1 saturated heterocycles. The van der Waals surface area contributed by atoms with Crippen molar-refractivity contribution in [1.82, 2.24) is 15.3 Å². The standard InChI is InChI=1S/C16H13N5O4S/c22-13(19-9-2-3-10-11(6-9)25-8-24-10)7-12-14(23)20-16(26-12)21-15-17-4-1-5-18-15/h1-6,12H,7-8H2,(H,19,22)(H,17,18,20,21,23). The quantitative estimate of drug-likeness (QED) is 0.836. The maximum atomic E-state index is 12.2. The molecule has 132 valence electrons. The topological polar surface area (TPSA) is 115 Å². The number of hydrogen-bond donors (Lipinski definition) is 2. The number of fused-ring (bicyclic) bond motifs is 1. The summed E-state index contributed by atoms with van der Waals surface area (Å²) in [6.07, 6.45) is 3.13. The molecule has 0 aliphatic carbocycles. The van der Waals surface area contributed by atoms with Gasteiger partial charge in [0.15, 0.2) is 16.7 Å². The summed E-state index contributed by atoms with van der Waals surface area (Å²) in [5, 5.41) is 5.20. The minimum atomic E-state index is -0.563. The summed E-state index contributed by atoms with van der Waals surface area (Å²) in [5.74, 6) is 0.908. The molecule has 3 heterocycles. The van der Waals surface area contributed by atoms with Crippen molar-refractivity contribution >= 4 is 40.4 Å². The maximum Gasteiger partial charge on any atom is 0.251 e. The number of carbonyl (C=O) groups excluding carboxylic acids is 2. The summed E-state index contributed by atoms with van der Waals surface area (Å²) in [5.41, 5.74) is 0.578. The number of amidine groups is 1. The van der Waals surface area contributed by atoms with Crippen LogP contribution in [-0.4, -0.2) is 39.0 Å². The summed E-state index contributed by atoms with van der Waals surface area (Å²) < 4.78 is 10.5. The summed E-state index contributed by atoms with van der Waals surface area (Å²) in [4.78, 5) is 36.4. The molecule has 1 atom stereocenters. The molecule has 2 aliphatic heterocycles. The second-order valence-corrected chi connectivity index (χ2v) is 6.57. The molecule has 2 aliphatic rings. The van der Waals surface area contributed by atoms with Gasteiger partial charge < -0.3 is 20.1 Å². The molecule has 9 nitrogen and oxygen atoms in total. The van der Waals surface area contributed by atoms with E-state index in [2.05, 4.69) is 25.6 Å². The SMILES string of the molecule is O=C(CC1S/C(=N\c2ncccn2)NC1=O)Nc1ccc2c(c1)OCO2. The number of aromatic nitrogens is 2. The maximum absolute atomic E-state index is 12.2. The van der Waals surface area contributed by atoms with Crippen molar-refractivity contribution in [1.29, 1.82) is 0 Å². The van der Waals surface area contributed by atoms with E-state index in [1.807, 2.05) is 0 Å². The lowest BCUT2D eigenvalue weighted by Gasteiger charge is -2.08. The van der Waals surface area contributed by atoms with Crippen LogP contribution in [0.15, 0.2) is 41.7 Å². The van der Waals surface area contributed by atoms with Gasteiger partial charge in [-0.25, -0.2) is 9.97 Å². The van der Waals surface area contributed by atoms with Crippen molar-refractivity contribution in [2.75, 3.05) is 12.1 Å². The number of nitrogens with one attached hydrogen (secondary N) is 2. The third-order valence-corrected chi connectivity index (χ3v) is 4.64. The van der Waals surface area contributed by atoms with Crippen molar-refractivity contribution < 1.29 is 19.1 Å². The molecule has 10 heteroatoms. The lowest BCUT2D eigenvalue weighted by atomic mass is 10.2. The number of aliphatic imine (C=N–C) groups is 1. The van der Waals surface area contributed by atoms with Crippen LogP contribution in [0, 0.1) is 0 Å². The highest BCUT2D eigenvalue weighted by molar-refractivity contribution is 8.15. The number of carbonyl (C=O) groups is 2. The Kier molecular flexibility index (Phi) is 4.40. The monoisotopic (exact) mass is 371 g/mol. The van der Waals surface area contributed by atoms with Crippen LogP contribution in [0.3, 0.4) is 0 Å². The second kappa shape index (κ2) is 7.00. The van der Waals surface area contributed by atoms with E-state index in [4.69, 9.17) is 9.47 Å². The zero-order valence-electron chi connectivity index (χ0n) is 13.3. The van der Waals surface area contributed by atoms with Gasteiger partial charge in [0.1, 0.15) is 5.25 Å². The Morgan fingerprint density at radius 1 is 1.31 bits per heavy atom. The molecule has 4 rings (SSSR count). The van der Waals surface area contributed by atoms with Crippen LogP contribution in [0.5, 0.6) is 11.5 Å². The molecular weight excluding hydrogens is 358 g/mol. The van der Waals surface area contributed by atoms with Gasteiger partial charge in [0, 0.05) is 30.6 Å². The highest BCUT2D eigenvalue weighted by Gasteiger charge is 2.32. The number of anilines is 1. The number of nitrogens with zero attached hydrogens (tertiary/aromatic N) is 3. The third-order valence-electron chi connectivity index (χ3n) is 3.56. The summed E-state index contributed by atoms with van der Waals surface area (Å²) in [6.45, 7) is 0.166. The van der Waals surface area contributed by atoms with Crippen LogP contribution < -0.4 is 20.1 Å². The first-order valence-corrected chi connectivity index (χ1v) is 8.58. The van der Waals surface area contributed by atoms with Crippen LogP contribution in [0.25, 0.3) is 0 Å². The van der Waals surface area contributed by atoms with Crippen molar-refractivity contribution in [3.8, 4) is 11.5 Å². The third kappa shape index (κ3) is 3.59. The molecule has 0 saturated carbocycles. The van der Waals surface area contributed by atoms with Crippen LogP contribution in [-0.2, 0) is 9.59 Å². The van der Waals surface area contributed by atoms with Crippen molar-refractivity contribution in [3.63, 3.8) is 0 Å². The first kappa shape index (κ1) is 16.3. The number of ether oxygens (including phenoxy) is 2. The van der Waals surface area contributed by atoms with Crippen molar-refractivity contribution in [2.24, 2.45) is 4.99 Å². The highest BCUT2D eigenvalue weighted by atomic mass is 32.2. The molecule has 1 aromatic carbocycles. The van der Waals surface area contributed by atoms with E-state index >= 15 is 0 Å². The fourth-order valence-electron chi connectivity index (χ4n) is 2.39. The molecule has 2 N–H and O–H groups in total. The van der Waals surface area contributed by atoms with E-state index in [0.29, 0.717) is 22.4 Å². The summed E-state index contributed by atoms with van der Waals surface area (Å²) >= 11 is 1.18. The average Bonchev–Trinajstić information content (AvgIpc) is 3.22. The zero-order valence-corrected chi connectivity index (χ0v) is 14.2. The van der Waals surface area contributed by atoms with Crippen molar-refractivity contribution in [3.05, 3.63) is 36.7 Å². The normalized spacial score (nSPS) is 19.5. The molecule has 0 radical (unpaired) electrons. The van der Waals surface area contributed by atoms with Crippen LogP contribution in [0.4, 0.5) is 11.6 Å². The average molecular weight is 371 g/mol. The number of thioether (sulfide) groups is 1. The van der Waals surface area contributed by atoms with E-state index in [1.54, 1.807) is 36.7 Å². The molecule has 26 heavy (non-hydrogen) atoms. The Balaban J connectivity index is 1.37. The number of benzene rings is 1. The Labute approximate surface area is 152 Å². The summed E-state index contributed by atoms with van der Waals surface area (Å²) in [7, 11) is 0. The number of rotatable bonds is 4. The highest BCUT2D eigenvalue weighted by Crippen LogP contribution is 2.34. The van der Waals surface area contributed by atoms with Gasteiger partial charge >= 0.3 is 0 Å². The van der Waals surface area contributed by atoms with Gasteiger partial charge in [0.25, 0.3) is 5.95 Å². The van der Waals surface area contributed by atoms with Crippen molar-refractivity contribution in [2.45, 2.75) is 11.7 Å². The molecule has 2 aromatic rings. The van der Waals surface area contributed by atoms with Gasteiger partial charge in [-0.05, 0) is 18.2 Å². The molecule has 1 aromatic heterocycles. The van der Waals surface area contributed by atoms with Gasteiger partial charge in [-0.1, -0.05) is 11.8 Å².